The number of carbonyl (C=O) groups is 1. The normalized spacial score (nSPS) is 15.4. The molecule has 0 spiro atoms. The molecule has 1 atom stereocenters. The molecule has 11 heteroatoms. The Morgan fingerprint density at radius 3 is 2.83 bits per heavy atom. The zero-order valence-electron chi connectivity index (χ0n) is 19.7. The number of likely N-dealkylation sites (tertiary alicyclic amines) is 1. The molecule has 1 aliphatic rings. The number of ether oxygens (including phenoxy) is 2. The topological polar surface area (TPSA) is 121 Å². The van der Waals surface area contributed by atoms with E-state index in [9.17, 15) is 4.79 Å². The summed E-state index contributed by atoms with van der Waals surface area (Å²) in [4.78, 5) is 25.9. The van der Waals surface area contributed by atoms with Gasteiger partial charge in [-0.1, -0.05) is 5.16 Å². The fourth-order valence-corrected chi connectivity index (χ4v) is 4.28. The zero-order valence-corrected chi connectivity index (χ0v) is 19.7. The Balaban J connectivity index is 1.49. The van der Waals surface area contributed by atoms with E-state index < -0.39 is 0 Å². The van der Waals surface area contributed by atoms with Gasteiger partial charge < -0.3 is 18.9 Å². The molecule has 5 rings (SSSR count). The number of hydrogen-bond donors (Lipinski definition) is 0. The Labute approximate surface area is 201 Å². The van der Waals surface area contributed by atoms with Gasteiger partial charge in [0.05, 0.1) is 42.9 Å². The van der Waals surface area contributed by atoms with Crippen molar-refractivity contribution >= 4 is 5.91 Å². The fourth-order valence-electron chi connectivity index (χ4n) is 4.28. The summed E-state index contributed by atoms with van der Waals surface area (Å²) in [7, 11) is 1.58. The van der Waals surface area contributed by atoms with Crippen molar-refractivity contribution in [3.63, 3.8) is 0 Å². The van der Waals surface area contributed by atoms with Gasteiger partial charge in [-0.25, -0.2) is 4.98 Å². The SMILES string of the molecule is CCOc1ncccc1-c1noc(C2CCCN2C(=O)c2cc(OC)c(C)cc2-n2nccn2)n1. The van der Waals surface area contributed by atoms with Crippen LogP contribution in [0.3, 0.4) is 0 Å². The lowest BCUT2D eigenvalue weighted by atomic mass is 10.1. The van der Waals surface area contributed by atoms with E-state index in [0.29, 0.717) is 59.7 Å². The monoisotopic (exact) mass is 475 g/mol. The average molecular weight is 476 g/mol. The zero-order chi connectivity index (χ0) is 24.4. The molecule has 0 N–H and O–H groups in total. The van der Waals surface area contributed by atoms with E-state index in [4.69, 9.17) is 14.0 Å². The first-order chi connectivity index (χ1) is 17.1. The number of benzene rings is 1. The van der Waals surface area contributed by atoms with Crippen LogP contribution in [0.5, 0.6) is 11.6 Å². The average Bonchev–Trinajstić information content (AvgIpc) is 3.65. The molecule has 3 aromatic heterocycles. The molecule has 4 aromatic rings. The molecule has 1 amide bonds. The highest BCUT2D eigenvalue weighted by Gasteiger charge is 2.36. The number of rotatable bonds is 7. The molecule has 1 saturated heterocycles. The first-order valence-electron chi connectivity index (χ1n) is 11.4. The molecule has 35 heavy (non-hydrogen) atoms. The highest BCUT2D eigenvalue weighted by Crippen LogP contribution is 2.36. The van der Waals surface area contributed by atoms with E-state index in [0.717, 1.165) is 12.0 Å². The van der Waals surface area contributed by atoms with Crippen LogP contribution < -0.4 is 9.47 Å². The van der Waals surface area contributed by atoms with Crippen LogP contribution in [0.2, 0.25) is 0 Å². The van der Waals surface area contributed by atoms with Crippen LogP contribution in [-0.4, -0.2) is 61.2 Å². The van der Waals surface area contributed by atoms with Crippen LogP contribution in [0.4, 0.5) is 0 Å². The van der Waals surface area contributed by atoms with Crippen LogP contribution >= 0.6 is 0 Å². The number of aromatic nitrogens is 6. The van der Waals surface area contributed by atoms with Crippen LogP contribution in [0.15, 0.2) is 47.4 Å². The molecule has 0 saturated carbocycles. The van der Waals surface area contributed by atoms with Crippen LogP contribution in [0.25, 0.3) is 17.1 Å². The minimum Gasteiger partial charge on any atom is -0.496 e. The molecule has 0 radical (unpaired) electrons. The predicted octanol–water partition coefficient (Wildman–Crippen LogP) is 3.41. The number of nitrogens with zero attached hydrogens (tertiary/aromatic N) is 7. The standard InChI is InChI=1S/C24H25N7O4/c1-4-34-22-16(7-5-9-25-22)21-28-23(35-29-21)18-8-6-12-30(18)24(32)17-14-20(33-3)15(2)13-19(17)31-26-10-11-27-31/h5,7,9-11,13-14,18H,4,6,8,12H2,1-3H3. The second-order valence-electron chi connectivity index (χ2n) is 8.06. The minimum atomic E-state index is -0.360. The predicted molar refractivity (Wildman–Crippen MR) is 124 cm³/mol. The van der Waals surface area contributed by atoms with Gasteiger partial charge in [-0.3, -0.25) is 4.79 Å². The number of methoxy groups -OCH3 is 1. The first-order valence-corrected chi connectivity index (χ1v) is 11.4. The van der Waals surface area contributed by atoms with E-state index in [1.807, 2.05) is 26.0 Å². The molecule has 1 unspecified atom stereocenters. The first kappa shape index (κ1) is 22.5. The number of pyridine rings is 1. The Morgan fingerprint density at radius 1 is 1.23 bits per heavy atom. The molecule has 0 aliphatic carbocycles. The van der Waals surface area contributed by atoms with Gasteiger partial charge in [-0.05, 0) is 56.5 Å². The second-order valence-corrected chi connectivity index (χ2v) is 8.06. The summed E-state index contributed by atoms with van der Waals surface area (Å²) >= 11 is 0. The third-order valence-electron chi connectivity index (χ3n) is 5.91. The lowest BCUT2D eigenvalue weighted by molar-refractivity contribution is 0.0709. The van der Waals surface area contributed by atoms with Crippen molar-refractivity contribution in [2.75, 3.05) is 20.3 Å². The molecule has 1 fully saturated rings. The molecule has 11 nitrogen and oxygen atoms in total. The quantitative estimate of drug-likeness (QED) is 0.396. The number of amides is 1. The third-order valence-corrected chi connectivity index (χ3v) is 5.91. The van der Waals surface area contributed by atoms with Crippen molar-refractivity contribution in [1.82, 2.24) is 35.0 Å². The summed E-state index contributed by atoms with van der Waals surface area (Å²) in [6, 6.07) is 6.83. The van der Waals surface area contributed by atoms with Gasteiger partial charge in [0.25, 0.3) is 5.91 Å². The van der Waals surface area contributed by atoms with Crippen molar-refractivity contribution in [1.29, 1.82) is 0 Å². The maximum absolute atomic E-state index is 13.8. The number of aryl methyl sites for hydroxylation is 1. The largest absolute Gasteiger partial charge is 0.496 e. The minimum absolute atomic E-state index is 0.186. The van der Waals surface area contributed by atoms with E-state index in [-0.39, 0.29) is 11.9 Å². The number of hydrogen-bond acceptors (Lipinski definition) is 9. The van der Waals surface area contributed by atoms with E-state index in [2.05, 4.69) is 25.3 Å². The Hall–Kier alpha value is -4.28. The summed E-state index contributed by atoms with van der Waals surface area (Å²) in [5, 5.41) is 12.6. The Bertz CT molecular complexity index is 1340. The smallest absolute Gasteiger partial charge is 0.256 e. The fraction of sp³-hybridized carbons (Fsp3) is 0.333. The molecule has 1 aliphatic heterocycles. The van der Waals surface area contributed by atoms with Gasteiger partial charge in [0.2, 0.25) is 17.6 Å². The van der Waals surface area contributed by atoms with Crippen LogP contribution in [0.1, 0.15) is 47.6 Å². The summed E-state index contributed by atoms with van der Waals surface area (Å²) in [5.74, 6) is 1.60. The van der Waals surface area contributed by atoms with E-state index in [1.54, 1.807) is 42.7 Å². The molecule has 1 aromatic carbocycles. The van der Waals surface area contributed by atoms with Crippen molar-refractivity contribution in [3.05, 3.63) is 59.9 Å². The third kappa shape index (κ3) is 4.20. The summed E-state index contributed by atoms with van der Waals surface area (Å²) < 4.78 is 16.7. The lowest BCUT2D eigenvalue weighted by Gasteiger charge is -2.23. The molecule has 180 valence electrons. The van der Waals surface area contributed by atoms with E-state index >= 15 is 0 Å². The van der Waals surface area contributed by atoms with Crippen molar-refractivity contribution < 1.29 is 18.8 Å². The van der Waals surface area contributed by atoms with Crippen molar-refractivity contribution in [2.24, 2.45) is 0 Å². The van der Waals surface area contributed by atoms with Crippen LogP contribution in [0, 0.1) is 6.92 Å². The second kappa shape index (κ2) is 9.53. The van der Waals surface area contributed by atoms with Gasteiger partial charge in [0, 0.05) is 12.7 Å². The summed E-state index contributed by atoms with van der Waals surface area (Å²) in [5.41, 5.74) is 2.51. The highest BCUT2D eigenvalue weighted by atomic mass is 16.5. The van der Waals surface area contributed by atoms with Crippen LogP contribution in [-0.2, 0) is 0 Å². The lowest BCUT2D eigenvalue weighted by Crippen LogP contribution is -2.31. The Morgan fingerprint density at radius 2 is 2.06 bits per heavy atom. The molecular weight excluding hydrogens is 450 g/mol. The highest BCUT2D eigenvalue weighted by molar-refractivity contribution is 5.98. The maximum Gasteiger partial charge on any atom is 0.256 e. The Kier molecular flexibility index (Phi) is 6.13. The summed E-state index contributed by atoms with van der Waals surface area (Å²) in [6.07, 6.45) is 6.30. The van der Waals surface area contributed by atoms with Gasteiger partial charge in [0.1, 0.15) is 11.8 Å². The van der Waals surface area contributed by atoms with Crippen molar-refractivity contribution in [2.45, 2.75) is 32.7 Å². The molecule has 4 heterocycles. The van der Waals surface area contributed by atoms with Gasteiger partial charge in [-0.15, -0.1) is 0 Å². The van der Waals surface area contributed by atoms with Gasteiger partial charge in [0.15, 0.2) is 0 Å². The maximum atomic E-state index is 13.8. The van der Waals surface area contributed by atoms with Crippen molar-refractivity contribution in [3.8, 4) is 28.7 Å². The van der Waals surface area contributed by atoms with Gasteiger partial charge in [-0.2, -0.15) is 20.0 Å². The van der Waals surface area contributed by atoms with E-state index in [1.165, 1.54) is 4.80 Å². The molecular formula is C24H25N7O4. The van der Waals surface area contributed by atoms with Gasteiger partial charge >= 0.3 is 0 Å². The molecule has 0 bridgehead atoms. The number of carbonyl (C=O) groups excluding carboxylic acids is 1. The summed E-state index contributed by atoms with van der Waals surface area (Å²) in [6.45, 7) is 4.82.